The third kappa shape index (κ3) is 1.86. The first-order valence-corrected chi connectivity index (χ1v) is 5.06. The number of hydrogen-bond donors (Lipinski definition) is 0. The third-order valence-corrected chi connectivity index (χ3v) is 3.24. The van der Waals surface area contributed by atoms with Crippen LogP contribution < -0.4 is 0 Å². The Morgan fingerprint density at radius 3 is 2.29 bits per heavy atom. The Bertz CT molecular complexity index is 355. The lowest BCUT2D eigenvalue weighted by Crippen LogP contribution is -2.33. The highest BCUT2D eigenvalue weighted by Gasteiger charge is 2.45. The lowest BCUT2D eigenvalue weighted by molar-refractivity contribution is -0.0867. The molecule has 0 atom stereocenters. The summed E-state index contributed by atoms with van der Waals surface area (Å²) < 4.78 is 25.2. The quantitative estimate of drug-likeness (QED) is 0.674. The molecule has 76 valence electrons. The molecule has 0 bridgehead atoms. The van der Waals surface area contributed by atoms with Crippen molar-refractivity contribution in [1.82, 2.24) is 0 Å². The lowest BCUT2D eigenvalue weighted by atomic mass is 9.77. The summed E-state index contributed by atoms with van der Waals surface area (Å²) in [4.78, 5) is 0. The monoisotopic (exact) mass is 236 g/mol. The first-order valence-electron chi connectivity index (χ1n) is 4.31. The van der Waals surface area contributed by atoms with E-state index in [2.05, 4.69) is 0 Å². The van der Waals surface area contributed by atoms with Gasteiger partial charge in [-0.3, -0.25) is 0 Å². The summed E-state index contributed by atoms with van der Waals surface area (Å²) in [5, 5.41) is 0.890. The van der Waals surface area contributed by atoms with Gasteiger partial charge in [-0.15, -0.1) is 0 Å². The molecule has 0 amide bonds. The van der Waals surface area contributed by atoms with E-state index in [1.165, 1.54) is 0 Å². The number of hydrogen-bond acceptors (Lipinski definition) is 0. The molecule has 0 aromatic heterocycles. The van der Waals surface area contributed by atoms with Crippen LogP contribution in [0.3, 0.4) is 0 Å². The third-order valence-electron chi connectivity index (χ3n) is 2.51. The molecule has 1 saturated carbocycles. The largest absolute Gasteiger partial charge is 0.249 e. The fraction of sp³-hybridized carbons (Fsp3) is 0.400. The van der Waals surface area contributed by atoms with Crippen LogP contribution >= 0.6 is 23.2 Å². The molecule has 1 aliphatic rings. The Morgan fingerprint density at radius 2 is 1.79 bits per heavy atom. The van der Waals surface area contributed by atoms with Gasteiger partial charge in [-0.1, -0.05) is 29.3 Å². The van der Waals surface area contributed by atoms with Crippen molar-refractivity contribution < 1.29 is 8.78 Å². The molecular weight excluding hydrogens is 229 g/mol. The Hall–Kier alpha value is -0.340. The van der Waals surface area contributed by atoms with Crippen LogP contribution in [-0.4, -0.2) is 5.92 Å². The number of halogens is 4. The zero-order valence-electron chi connectivity index (χ0n) is 7.24. The van der Waals surface area contributed by atoms with Gasteiger partial charge in [0, 0.05) is 12.8 Å². The molecule has 1 aromatic rings. The summed E-state index contributed by atoms with van der Waals surface area (Å²) in [6.07, 6.45) is -0.157. The first kappa shape index (κ1) is 10.2. The maximum atomic E-state index is 12.6. The van der Waals surface area contributed by atoms with Gasteiger partial charge in [-0.25, -0.2) is 8.78 Å². The van der Waals surface area contributed by atoms with Crippen molar-refractivity contribution in [1.29, 1.82) is 0 Å². The van der Waals surface area contributed by atoms with E-state index < -0.39 is 5.92 Å². The minimum atomic E-state index is -2.49. The fourth-order valence-electron chi connectivity index (χ4n) is 1.66. The van der Waals surface area contributed by atoms with E-state index in [1.807, 2.05) is 0 Å². The minimum absolute atomic E-state index is 0.0697. The summed E-state index contributed by atoms with van der Waals surface area (Å²) in [5.74, 6) is -2.56. The Morgan fingerprint density at radius 1 is 1.14 bits per heavy atom. The molecule has 0 nitrogen and oxygen atoms in total. The van der Waals surface area contributed by atoms with Crippen LogP contribution in [0.1, 0.15) is 24.3 Å². The fourth-order valence-corrected chi connectivity index (χ4v) is 1.97. The molecular formula is C10H8Cl2F2. The Balaban J connectivity index is 2.16. The molecule has 0 heterocycles. The van der Waals surface area contributed by atoms with Crippen molar-refractivity contribution in [2.75, 3.05) is 0 Å². The second kappa shape index (κ2) is 3.35. The summed E-state index contributed by atoms with van der Waals surface area (Å²) >= 11 is 11.5. The van der Waals surface area contributed by atoms with E-state index in [-0.39, 0.29) is 18.8 Å². The second-order valence-electron chi connectivity index (χ2n) is 3.63. The van der Waals surface area contributed by atoms with Crippen LogP contribution in [0.2, 0.25) is 10.0 Å². The zero-order chi connectivity index (χ0) is 10.3. The highest BCUT2D eigenvalue weighted by atomic mass is 35.5. The van der Waals surface area contributed by atoms with E-state index in [4.69, 9.17) is 23.2 Å². The van der Waals surface area contributed by atoms with Gasteiger partial charge in [0.15, 0.2) is 0 Å². The van der Waals surface area contributed by atoms with Crippen LogP contribution in [0.4, 0.5) is 8.78 Å². The van der Waals surface area contributed by atoms with E-state index >= 15 is 0 Å². The van der Waals surface area contributed by atoms with Gasteiger partial charge >= 0.3 is 0 Å². The highest BCUT2D eigenvalue weighted by Crippen LogP contribution is 2.48. The maximum absolute atomic E-state index is 12.6. The van der Waals surface area contributed by atoms with Crippen LogP contribution in [-0.2, 0) is 0 Å². The molecule has 4 heteroatoms. The molecule has 2 rings (SSSR count). The van der Waals surface area contributed by atoms with Crippen LogP contribution in [0.5, 0.6) is 0 Å². The van der Waals surface area contributed by atoms with Gasteiger partial charge in [0.2, 0.25) is 5.92 Å². The predicted octanol–water partition coefficient (Wildman–Crippen LogP) is 4.51. The molecule has 1 aliphatic carbocycles. The molecule has 0 spiro atoms. The average molecular weight is 237 g/mol. The topological polar surface area (TPSA) is 0 Å². The molecule has 1 fully saturated rings. The van der Waals surface area contributed by atoms with Crippen molar-refractivity contribution in [3.63, 3.8) is 0 Å². The van der Waals surface area contributed by atoms with E-state index in [0.717, 1.165) is 5.56 Å². The summed E-state index contributed by atoms with van der Waals surface area (Å²) in [5.41, 5.74) is 0.852. The van der Waals surface area contributed by atoms with Gasteiger partial charge in [0.05, 0.1) is 10.0 Å². The van der Waals surface area contributed by atoms with Crippen molar-refractivity contribution in [3.05, 3.63) is 33.8 Å². The Labute approximate surface area is 90.8 Å². The van der Waals surface area contributed by atoms with Gasteiger partial charge in [-0.05, 0) is 23.6 Å². The Kier molecular flexibility index (Phi) is 2.44. The number of rotatable bonds is 1. The molecule has 0 aliphatic heterocycles. The van der Waals surface area contributed by atoms with Crippen LogP contribution in [0.25, 0.3) is 0 Å². The van der Waals surface area contributed by atoms with Crippen molar-refractivity contribution in [3.8, 4) is 0 Å². The molecule has 0 unspecified atom stereocenters. The number of alkyl halides is 2. The summed E-state index contributed by atoms with van der Waals surface area (Å²) in [7, 11) is 0. The van der Waals surface area contributed by atoms with Crippen LogP contribution in [0, 0.1) is 0 Å². The van der Waals surface area contributed by atoms with Gasteiger partial charge < -0.3 is 0 Å². The van der Waals surface area contributed by atoms with Gasteiger partial charge in [0.25, 0.3) is 0 Å². The van der Waals surface area contributed by atoms with Gasteiger partial charge in [0.1, 0.15) is 0 Å². The molecule has 0 saturated heterocycles. The first-order chi connectivity index (χ1) is 6.48. The van der Waals surface area contributed by atoms with Crippen molar-refractivity contribution in [2.24, 2.45) is 0 Å². The lowest BCUT2D eigenvalue weighted by Gasteiger charge is -2.35. The second-order valence-corrected chi connectivity index (χ2v) is 4.45. The van der Waals surface area contributed by atoms with Gasteiger partial charge in [-0.2, -0.15) is 0 Å². The highest BCUT2D eigenvalue weighted by molar-refractivity contribution is 6.42. The van der Waals surface area contributed by atoms with Crippen molar-refractivity contribution in [2.45, 2.75) is 24.7 Å². The number of benzene rings is 1. The van der Waals surface area contributed by atoms with E-state index in [9.17, 15) is 8.78 Å². The summed E-state index contributed by atoms with van der Waals surface area (Å²) in [6.45, 7) is 0. The minimum Gasteiger partial charge on any atom is -0.207 e. The maximum Gasteiger partial charge on any atom is 0.249 e. The average Bonchev–Trinajstić information content (AvgIpc) is 2.06. The zero-order valence-corrected chi connectivity index (χ0v) is 8.75. The molecule has 1 aromatic carbocycles. The standard InChI is InChI=1S/C10H8Cl2F2/c11-8-2-1-6(3-9(8)12)7-4-10(13,14)5-7/h1-3,7H,4-5H2. The predicted molar refractivity (Wildman–Crippen MR) is 53.4 cm³/mol. The summed E-state index contributed by atoms with van der Waals surface area (Å²) in [6, 6.07) is 5.08. The van der Waals surface area contributed by atoms with E-state index in [1.54, 1.807) is 18.2 Å². The molecule has 14 heavy (non-hydrogen) atoms. The molecule has 0 N–H and O–H groups in total. The molecule has 0 radical (unpaired) electrons. The normalized spacial score (nSPS) is 20.6. The SMILES string of the molecule is FC1(F)CC(c2ccc(Cl)c(Cl)c2)C1. The van der Waals surface area contributed by atoms with Crippen LogP contribution in [0.15, 0.2) is 18.2 Å². The smallest absolute Gasteiger partial charge is 0.207 e. The van der Waals surface area contributed by atoms with Crippen molar-refractivity contribution >= 4 is 23.2 Å². The van der Waals surface area contributed by atoms with E-state index in [0.29, 0.717) is 10.0 Å².